The number of hydrogen-bond donors (Lipinski definition) is 3. The Kier molecular flexibility index (Phi) is 7.19. The second-order valence-corrected chi connectivity index (χ2v) is 8.75. The number of amides is 1. The smallest absolute Gasteiger partial charge is 0.267 e. The summed E-state index contributed by atoms with van der Waals surface area (Å²) in [7, 11) is 0. The van der Waals surface area contributed by atoms with Gasteiger partial charge in [0.05, 0.1) is 5.39 Å². The van der Waals surface area contributed by atoms with E-state index in [9.17, 15) is 4.79 Å². The minimum Gasteiger partial charge on any atom is -0.489 e. The Balaban J connectivity index is 1.18. The van der Waals surface area contributed by atoms with Gasteiger partial charge in [-0.2, -0.15) is 0 Å². The van der Waals surface area contributed by atoms with Crippen LogP contribution in [0, 0.1) is 0 Å². The van der Waals surface area contributed by atoms with Gasteiger partial charge < -0.3 is 25.3 Å². The number of hydrogen-bond acceptors (Lipinski definition) is 6. The van der Waals surface area contributed by atoms with E-state index in [1.54, 1.807) is 6.07 Å². The minimum atomic E-state index is -0.129. The first kappa shape index (κ1) is 22.9. The molecule has 0 aliphatic carbocycles. The molecule has 0 spiro atoms. The van der Waals surface area contributed by atoms with Gasteiger partial charge in [-0.3, -0.25) is 4.79 Å². The number of nitrogens with zero attached hydrogens (tertiary/aromatic N) is 3. The zero-order valence-electron chi connectivity index (χ0n) is 19.7. The third-order valence-corrected chi connectivity index (χ3v) is 6.17. The first-order chi connectivity index (χ1) is 17.2. The van der Waals surface area contributed by atoms with Crippen LogP contribution in [0.2, 0.25) is 0 Å². The van der Waals surface area contributed by atoms with Gasteiger partial charge >= 0.3 is 0 Å². The molecule has 0 bridgehead atoms. The molecule has 1 aliphatic rings. The van der Waals surface area contributed by atoms with Crippen LogP contribution in [0.15, 0.2) is 67.0 Å². The summed E-state index contributed by atoms with van der Waals surface area (Å²) >= 11 is 0. The molecular weight excluding hydrogens is 440 g/mol. The fourth-order valence-corrected chi connectivity index (χ4v) is 4.28. The molecule has 1 saturated heterocycles. The van der Waals surface area contributed by atoms with Gasteiger partial charge in [0.15, 0.2) is 0 Å². The number of likely N-dealkylation sites (tertiary alicyclic amines) is 1. The molecule has 0 saturated carbocycles. The van der Waals surface area contributed by atoms with Crippen molar-refractivity contribution in [1.82, 2.24) is 25.2 Å². The summed E-state index contributed by atoms with van der Waals surface area (Å²) in [5, 5.41) is 7.09. The summed E-state index contributed by atoms with van der Waals surface area (Å²) in [4.78, 5) is 26.9. The number of carbonyl (C=O) groups excluding carboxylic acids is 1. The van der Waals surface area contributed by atoms with Crippen molar-refractivity contribution in [3.63, 3.8) is 0 Å². The van der Waals surface area contributed by atoms with E-state index in [2.05, 4.69) is 30.5 Å². The van der Waals surface area contributed by atoms with E-state index < -0.39 is 0 Å². The molecular formula is C27H30N6O2. The highest BCUT2D eigenvalue weighted by atomic mass is 16.5. The van der Waals surface area contributed by atoms with Gasteiger partial charge in [-0.05, 0) is 74.8 Å². The third-order valence-electron chi connectivity index (χ3n) is 6.17. The average molecular weight is 471 g/mol. The topological polar surface area (TPSA) is 95.2 Å². The quantitative estimate of drug-likeness (QED) is 0.296. The summed E-state index contributed by atoms with van der Waals surface area (Å²) in [6, 6.07) is 19.6. The molecule has 2 aromatic carbocycles. The Morgan fingerprint density at radius 1 is 1.03 bits per heavy atom. The molecule has 0 atom stereocenters. The van der Waals surface area contributed by atoms with Crippen molar-refractivity contribution in [2.24, 2.45) is 0 Å². The van der Waals surface area contributed by atoms with Crippen LogP contribution in [0.3, 0.4) is 0 Å². The standard InChI is InChI=1S/C27H30N6O2/c34-27(28-13-6-16-33-14-4-5-15-33)24-17-23-25(29-19-30-26(23)32-24)31-21-9-11-22(12-10-21)35-18-20-7-2-1-3-8-20/h1-3,7-12,17,19H,4-6,13-16,18H2,(H,28,34)(H2,29,30,31,32). The maximum atomic E-state index is 12.6. The molecule has 4 aromatic rings. The number of carbonyl (C=O) groups is 1. The number of aromatic nitrogens is 3. The molecule has 0 radical (unpaired) electrons. The minimum absolute atomic E-state index is 0.129. The van der Waals surface area contributed by atoms with Crippen LogP contribution in [-0.2, 0) is 6.61 Å². The summed E-state index contributed by atoms with van der Waals surface area (Å²) < 4.78 is 5.86. The molecule has 2 aromatic heterocycles. The van der Waals surface area contributed by atoms with Gasteiger partial charge in [0, 0.05) is 12.2 Å². The van der Waals surface area contributed by atoms with E-state index in [1.165, 1.54) is 32.3 Å². The first-order valence-corrected chi connectivity index (χ1v) is 12.1. The second-order valence-electron chi connectivity index (χ2n) is 8.75. The SMILES string of the molecule is O=C(NCCCN1CCCC1)c1cc2c(Nc3ccc(OCc4ccccc4)cc3)ncnc2[nH]1. The molecule has 1 amide bonds. The van der Waals surface area contributed by atoms with Crippen LogP contribution in [0.1, 0.15) is 35.3 Å². The van der Waals surface area contributed by atoms with Gasteiger partial charge in [0.1, 0.15) is 35.8 Å². The Labute approximate surface area is 204 Å². The van der Waals surface area contributed by atoms with Gasteiger partial charge in [-0.25, -0.2) is 9.97 Å². The van der Waals surface area contributed by atoms with Crippen LogP contribution in [0.4, 0.5) is 11.5 Å². The monoisotopic (exact) mass is 470 g/mol. The number of H-pyrrole nitrogens is 1. The average Bonchev–Trinajstić information content (AvgIpc) is 3.57. The number of nitrogens with one attached hydrogen (secondary N) is 3. The Morgan fingerprint density at radius 3 is 2.63 bits per heavy atom. The highest BCUT2D eigenvalue weighted by molar-refractivity contribution is 6.00. The molecule has 3 heterocycles. The molecule has 5 rings (SSSR count). The number of fused-ring (bicyclic) bond motifs is 1. The Hall–Kier alpha value is -3.91. The van der Waals surface area contributed by atoms with E-state index in [1.807, 2.05) is 54.6 Å². The highest BCUT2D eigenvalue weighted by Gasteiger charge is 2.14. The van der Waals surface area contributed by atoms with E-state index >= 15 is 0 Å². The lowest BCUT2D eigenvalue weighted by Crippen LogP contribution is -2.28. The lowest BCUT2D eigenvalue weighted by atomic mass is 10.2. The molecule has 1 aliphatic heterocycles. The molecule has 3 N–H and O–H groups in total. The molecule has 8 heteroatoms. The lowest BCUT2D eigenvalue weighted by molar-refractivity contribution is 0.0948. The normalized spacial score (nSPS) is 13.7. The van der Waals surface area contributed by atoms with E-state index in [0.717, 1.165) is 35.4 Å². The number of anilines is 2. The Morgan fingerprint density at radius 2 is 1.83 bits per heavy atom. The van der Waals surface area contributed by atoms with Crippen LogP contribution < -0.4 is 15.4 Å². The highest BCUT2D eigenvalue weighted by Crippen LogP contribution is 2.25. The summed E-state index contributed by atoms with van der Waals surface area (Å²) in [5.41, 5.74) is 3.09. The van der Waals surface area contributed by atoms with Crippen molar-refractivity contribution >= 4 is 28.4 Å². The molecule has 8 nitrogen and oxygen atoms in total. The van der Waals surface area contributed by atoms with Gasteiger partial charge in [0.25, 0.3) is 5.91 Å². The number of ether oxygens (including phenoxy) is 1. The fourth-order valence-electron chi connectivity index (χ4n) is 4.28. The number of aromatic amines is 1. The predicted octanol–water partition coefficient (Wildman–Crippen LogP) is 4.50. The van der Waals surface area contributed by atoms with Gasteiger partial charge in [0.2, 0.25) is 0 Å². The predicted molar refractivity (Wildman–Crippen MR) is 137 cm³/mol. The fraction of sp³-hybridized carbons (Fsp3) is 0.296. The molecule has 1 fully saturated rings. The van der Waals surface area contributed by atoms with Crippen molar-refractivity contribution in [3.8, 4) is 5.75 Å². The van der Waals surface area contributed by atoms with Crippen LogP contribution in [0.25, 0.3) is 11.0 Å². The third kappa shape index (κ3) is 5.96. The van der Waals surface area contributed by atoms with Crippen LogP contribution in [0.5, 0.6) is 5.75 Å². The summed E-state index contributed by atoms with van der Waals surface area (Å²) in [6.45, 7) is 4.55. The first-order valence-electron chi connectivity index (χ1n) is 12.1. The van der Waals surface area contributed by atoms with E-state index in [4.69, 9.17) is 4.74 Å². The van der Waals surface area contributed by atoms with Crippen molar-refractivity contribution in [2.75, 3.05) is 31.5 Å². The van der Waals surface area contributed by atoms with Crippen molar-refractivity contribution in [1.29, 1.82) is 0 Å². The van der Waals surface area contributed by atoms with Gasteiger partial charge in [-0.1, -0.05) is 30.3 Å². The van der Waals surface area contributed by atoms with E-state index in [-0.39, 0.29) is 5.91 Å². The number of benzene rings is 2. The molecule has 0 unspecified atom stereocenters. The molecule has 35 heavy (non-hydrogen) atoms. The zero-order valence-corrected chi connectivity index (χ0v) is 19.7. The summed E-state index contributed by atoms with van der Waals surface area (Å²) in [5.74, 6) is 1.30. The number of rotatable bonds is 10. The Bertz CT molecular complexity index is 1250. The van der Waals surface area contributed by atoms with Crippen LogP contribution >= 0.6 is 0 Å². The molecule has 180 valence electrons. The van der Waals surface area contributed by atoms with E-state index in [0.29, 0.717) is 30.3 Å². The maximum absolute atomic E-state index is 12.6. The van der Waals surface area contributed by atoms with Crippen molar-refractivity contribution in [3.05, 3.63) is 78.2 Å². The zero-order chi connectivity index (χ0) is 23.9. The maximum Gasteiger partial charge on any atom is 0.267 e. The lowest BCUT2D eigenvalue weighted by Gasteiger charge is -2.14. The van der Waals surface area contributed by atoms with Crippen molar-refractivity contribution in [2.45, 2.75) is 25.9 Å². The van der Waals surface area contributed by atoms with Crippen molar-refractivity contribution < 1.29 is 9.53 Å². The van der Waals surface area contributed by atoms with Gasteiger partial charge in [-0.15, -0.1) is 0 Å². The van der Waals surface area contributed by atoms with Crippen LogP contribution in [-0.4, -0.2) is 51.9 Å². The second kappa shape index (κ2) is 11.0. The largest absolute Gasteiger partial charge is 0.489 e. The summed E-state index contributed by atoms with van der Waals surface area (Å²) in [6.07, 6.45) is 5.00.